The zero-order valence-corrected chi connectivity index (χ0v) is 8.37. The van der Waals surface area contributed by atoms with Crippen LogP contribution in [0.15, 0.2) is 18.3 Å². The molecule has 1 aliphatic rings. The van der Waals surface area contributed by atoms with Crippen molar-refractivity contribution in [2.24, 2.45) is 5.92 Å². The van der Waals surface area contributed by atoms with Gasteiger partial charge < -0.3 is 11.1 Å². The highest BCUT2D eigenvalue weighted by molar-refractivity contribution is 5.29. The molecule has 2 heterocycles. The number of anilines is 1. The van der Waals surface area contributed by atoms with Crippen LogP contribution in [-0.4, -0.2) is 18.1 Å². The molecular formula is C11H17N3. The van der Waals surface area contributed by atoms with Crippen molar-refractivity contribution in [2.45, 2.75) is 19.3 Å². The van der Waals surface area contributed by atoms with Gasteiger partial charge in [-0.2, -0.15) is 0 Å². The minimum atomic E-state index is 0.607. The topological polar surface area (TPSA) is 50.9 Å². The van der Waals surface area contributed by atoms with Gasteiger partial charge in [-0.3, -0.25) is 0 Å². The van der Waals surface area contributed by atoms with Gasteiger partial charge in [-0.15, -0.1) is 0 Å². The summed E-state index contributed by atoms with van der Waals surface area (Å²) in [6, 6.07) is 3.96. The Hall–Kier alpha value is -1.09. The van der Waals surface area contributed by atoms with Crippen LogP contribution >= 0.6 is 0 Å². The lowest BCUT2D eigenvalue weighted by atomic mass is 9.93. The minimum absolute atomic E-state index is 0.607. The smallest absolute Gasteiger partial charge is 0.123 e. The summed E-state index contributed by atoms with van der Waals surface area (Å²) >= 11 is 0. The first-order valence-corrected chi connectivity index (χ1v) is 5.26. The second kappa shape index (κ2) is 4.42. The number of hydrogen-bond acceptors (Lipinski definition) is 3. The lowest BCUT2D eigenvalue weighted by Crippen LogP contribution is -2.30. The normalized spacial score (nSPS) is 22.1. The number of piperidine rings is 1. The molecule has 3 heteroatoms. The summed E-state index contributed by atoms with van der Waals surface area (Å²) < 4.78 is 0. The number of nitrogens with zero attached hydrogens (tertiary/aromatic N) is 1. The van der Waals surface area contributed by atoms with Crippen molar-refractivity contribution in [2.75, 3.05) is 18.8 Å². The summed E-state index contributed by atoms with van der Waals surface area (Å²) in [7, 11) is 0. The number of pyridine rings is 1. The summed E-state index contributed by atoms with van der Waals surface area (Å²) in [6.07, 6.45) is 5.65. The summed E-state index contributed by atoms with van der Waals surface area (Å²) in [5.41, 5.74) is 6.84. The van der Waals surface area contributed by atoms with Gasteiger partial charge in [0, 0.05) is 6.20 Å². The number of nitrogens with one attached hydrogen (secondary N) is 1. The van der Waals surface area contributed by atoms with Gasteiger partial charge in [-0.05, 0) is 49.9 Å². The summed E-state index contributed by atoms with van der Waals surface area (Å²) in [6.45, 7) is 2.32. The second-order valence-electron chi connectivity index (χ2n) is 4.01. The van der Waals surface area contributed by atoms with Crippen molar-refractivity contribution < 1.29 is 0 Å². The van der Waals surface area contributed by atoms with Gasteiger partial charge in [0.2, 0.25) is 0 Å². The Kier molecular flexibility index (Phi) is 2.99. The van der Waals surface area contributed by atoms with Gasteiger partial charge in [-0.1, -0.05) is 6.07 Å². The average molecular weight is 191 g/mol. The maximum absolute atomic E-state index is 5.54. The zero-order valence-electron chi connectivity index (χ0n) is 8.37. The van der Waals surface area contributed by atoms with E-state index in [2.05, 4.69) is 16.4 Å². The van der Waals surface area contributed by atoms with Crippen LogP contribution in [0.25, 0.3) is 0 Å². The molecule has 0 radical (unpaired) electrons. The Morgan fingerprint density at radius 3 is 3.07 bits per heavy atom. The molecule has 1 aromatic rings. The van der Waals surface area contributed by atoms with Crippen molar-refractivity contribution in [3.8, 4) is 0 Å². The molecular weight excluding hydrogens is 174 g/mol. The predicted octanol–water partition coefficient (Wildman–Crippen LogP) is 1.21. The largest absolute Gasteiger partial charge is 0.384 e. The third kappa shape index (κ3) is 2.45. The van der Waals surface area contributed by atoms with Crippen LogP contribution in [0.1, 0.15) is 18.4 Å². The monoisotopic (exact) mass is 191 g/mol. The van der Waals surface area contributed by atoms with E-state index >= 15 is 0 Å². The fourth-order valence-corrected chi connectivity index (χ4v) is 1.99. The molecule has 0 saturated carbocycles. The standard InChI is InChI=1S/C11H17N3/c12-11-4-3-10(8-14-11)6-9-2-1-5-13-7-9/h3-4,8-9,13H,1-2,5-7H2,(H2,12,14). The molecule has 1 fully saturated rings. The molecule has 0 bridgehead atoms. The van der Waals surface area contributed by atoms with Crippen LogP contribution in [0, 0.1) is 5.92 Å². The molecule has 2 rings (SSSR count). The van der Waals surface area contributed by atoms with Gasteiger partial charge in [0.1, 0.15) is 5.82 Å². The van der Waals surface area contributed by atoms with E-state index in [0.29, 0.717) is 5.82 Å². The summed E-state index contributed by atoms with van der Waals surface area (Å²) in [4.78, 5) is 4.10. The van der Waals surface area contributed by atoms with Crippen molar-refractivity contribution in [1.82, 2.24) is 10.3 Å². The average Bonchev–Trinajstić information content (AvgIpc) is 2.23. The molecule has 1 unspecified atom stereocenters. The fraction of sp³-hybridized carbons (Fsp3) is 0.545. The SMILES string of the molecule is Nc1ccc(CC2CCCNC2)cn1. The van der Waals surface area contributed by atoms with Crippen molar-refractivity contribution in [3.05, 3.63) is 23.9 Å². The lowest BCUT2D eigenvalue weighted by Gasteiger charge is -2.22. The van der Waals surface area contributed by atoms with Crippen LogP contribution in [-0.2, 0) is 6.42 Å². The first-order chi connectivity index (χ1) is 6.84. The highest BCUT2D eigenvalue weighted by Gasteiger charge is 2.13. The van der Waals surface area contributed by atoms with Crippen molar-refractivity contribution in [3.63, 3.8) is 0 Å². The van der Waals surface area contributed by atoms with E-state index in [1.165, 1.54) is 24.9 Å². The summed E-state index contributed by atoms with van der Waals surface area (Å²) in [5, 5.41) is 3.42. The molecule has 14 heavy (non-hydrogen) atoms. The molecule has 3 N–H and O–H groups in total. The predicted molar refractivity (Wildman–Crippen MR) is 57.9 cm³/mol. The van der Waals surface area contributed by atoms with Gasteiger partial charge in [0.05, 0.1) is 0 Å². The molecule has 0 amide bonds. The molecule has 1 aromatic heterocycles. The van der Waals surface area contributed by atoms with Crippen molar-refractivity contribution in [1.29, 1.82) is 0 Å². The molecule has 1 atom stereocenters. The van der Waals surface area contributed by atoms with Gasteiger partial charge in [0.25, 0.3) is 0 Å². The highest BCUT2D eigenvalue weighted by Crippen LogP contribution is 2.16. The molecule has 1 aliphatic heterocycles. The van der Waals surface area contributed by atoms with Crippen LogP contribution in [0.3, 0.4) is 0 Å². The van der Waals surface area contributed by atoms with Crippen LogP contribution < -0.4 is 11.1 Å². The number of aromatic nitrogens is 1. The third-order valence-corrected chi connectivity index (χ3v) is 2.77. The minimum Gasteiger partial charge on any atom is -0.384 e. The van der Waals surface area contributed by atoms with Crippen LogP contribution in [0.2, 0.25) is 0 Å². The van der Waals surface area contributed by atoms with E-state index in [1.807, 2.05) is 12.3 Å². The molecule has 3 nitrogen and oxygen atoms in total. The Bertz CT molecular complexity index is 275. The number of hydrogen-bond donors (Lipinski definition) is 2. The molecule has 1 saturated heterocycles. The van der Waals surface area contributed by atoms with Gasteiger partial charge in [-0.25, -0.2) is 4.98 Å². The Morgan fingerprint density at radius 1 is 1.50 bits per heavy atom. The number of rotatable bonds is 2. The quantitative estimate of drug-likeness (QED) is 0.738. The maximum atomic E-state index is 5.54. The van der Waals surface area contributed by atoms with E-state index in [9.17, 15) is 0 Å². The van der Waals surface area contributed by atoms with E-state index in [1.54, 1.807) is 0 Å². The van der Waals surface area contributed by atoms with Crippen molar-refractivity contribution >= 4 is 5.82 Å². The molecule has 0 aromatic carbocycles. The third-order valence-electron chi connectivity index (χ3n) is 2.77. The molecule has 0 spiro atoms. The first-order valence-electron chi connectivity index (χ1n) is 5.26. The molecule has 76 valence electrons. The fourth-order valence-electron chi connectivity index (χ4n) is 1.99. The number of nitrogen functional groups attached to an aromatic ring is 1. The Morgan fingerprint density at radius 2 is 2.43 bits per heavy atom. The van der Waals surface area contributed by atoms with E-state index in [4.69, 9.17) is 5.73 Å². The van der Waals surface area contributed by atoms with E-state index in [0.717, 1.165) is 18.9 Å². The second-order valence-corrected chi connectivity index (χ2v) is 4.01. The summed E-state index contributed by atoms with van der Waals surface area (Å²) in [5.74, 6) is 1.38. The maximum Gasteiger partial charge on any atom is 0.123 e. The first kappa shape index (κ1) is 9.46. The van der Waals surface area contributed by atoms with Crippen LogP contribution in [0.4, 0.5) is 5.82 Å². The van der Waals surface area contributed by atoms with Gasteiger partial charge >= 0.3 is 0 Å². The Labute approximate surface area is 84.7 Å². The highest BCUT2D eigenvalue weighted by atomic mass is 14.9. The van der Waals surface area contributed by atoms with Crippen LogP contribution in [0.5, 0.6) is 0 Å². The Balaban J connectivity index is 1.92. The number of nitrogens with two attached hydrogens (primary N) is 1. The van der Waals surface area contributed by atoms with E-state index < -0.39 is 0 Å². The van der Waals surface area contributed by atoms with Gasteiger partial charge in [0.15, 0.2) is 0 Å². The molecule has 0 aliphatic carbocycles. The van der Waals surface area contributed by atoms with E-state index in [-0.39, 0.29) is 0 Å². The lowest BCUT2D eigenvalue weighted by molar-refractivity contribution is 0.376. The zero-order chi connectivity index (χ0) is 9.80.